The lowest BCUT2D eigenvalue weighted by Gasteiger charge is -2.33. The summed E-state index contributed by atoms with van der Waals surface area (Å²) in [5.41, 5.74) is -0.862. The maximum absolute atomic E-state index is 14.0. The molecule has 1 saturated heterocycles. The number of nitrogens with one attached hydrogen (secondary N) is 3. The lowest BCUT2D eigenvalue weighted by molar-refractivity contribution is -0.155. The van der Waals surface area contributed by atoms with Crippen LogP contribution < -0.4 is 16.0 Å². The number of alkyl carbamates (subject to hydrolysis) is 1. The molecule has 1 heterocycles. The topological polar surface area (TPSA) is 160 Å². The largest absolute Gasteiger partial charge is 0.460 e. The van der Waals surface area contributed by atoms with E-state index in [0.717, 1.165) is 0 Å². The molecule has 0 aromatic rings. The third-order valence-electron chi connectivity index (χ3n) is 8.03. The van der Waals surface area contributed by atoms with E-state index in [-0.39, 0.29) is 62.0 Å². The van der Waals surface area contributed by atoms with Crippen LogP contribution in [0, 0.1) is 23.2 Å². The van der Waals surface area contributed by atoms with Crippen LogP contribution >= 0.6 is 0 Å². The standard InChI is InChI=1S/C32H52N4O8/c1-10-13-21(26(38)28(40)33-16-11-2)34-27(39)25-24-20(32(24,8)9)17-36(25)29(41)22(35-30(42)43-18-19(3)4)14-12-15-23(37)44-31(5,6)7/h11,19-22,24-25H,2,10,12-18H2,1,3-9H3,(H,33,40)(H,34,39)(H,35,42). The molecule has 0 spiro atoms. The van der Waals surface area contributed by atoms with Crippen LogP contribution in [-0.4, -0.2) is 83.9 Å². The van der Waals surface area contributed by atoms with Crippen molar-refractivity contribution >= 4 is 35.6 Å². The quantitative estimate of drug-likeness (QED) is 0.135. The van der Waals surface area contributed by atoms with Gasteiger partial charge >= 0.3 is 12.1 Å². The fourth-order valence-corrected chi connectivity index (χ4v) is 5.76. The monoisotopic (exact) mass is 620 g/mol. The van der Waals surface area contributed by atoms with Gasteiger partial charge in [0.1, 0.15) is 17.7 Å². The smallest absolute Gasteiger partial charge is 0.407 e. The van der Waals surface area contributed by atoms with E-state index in [2.05, 4.69) is 22.5 Å². The third kappa shape index (κ3) is 10.1. The van der Waals surface area contributed by atoms with Crippen LogP contribution in [0.2, 0.25) is 0 Å². The first-order valence-electron chi connectivity index (χ1n) is 15.6. The number of piperidine rings is 1. The second-order valence-corrected chi connectivity index (χ2v) is 13.8. The number of esters is 1. The highest BCUT2D eigenvalue weighted by atomic mass is 16.6. The van der Waals surface area contributed by atoms with Gasteiger partial charge in [-0.25, -0.2) is 4.79 Å². The summed E-state index contributed by atoms with van der Waals surface area (Å²) in [7, 11) is 0. The number of ketones is 1. The molecule has 0 radical (unpaired) electrons. The summed E-state index contributed by atoms with van der Waals surface area (Å²) in [6.07, 6.45) is 1.90. The molecule has 1 saturated carbocycles. The molecule has 5 unspecified atom stereocenters. The second-order valence-electron chi connectivity index (χ2n) is 13.8. The summed E-state index contributed by atoms with van der Waals surface area (Å²) < 4.78 is 10.6. The van der Waals surface area contributed by atoms with Crippen molar-refractivity contribution in [2.75, 3.05) is 19.7 Å². The van der Waals surface area contributed by atoms with E-state index in [1.807, 2.05) is 34.6 Å². The minimum Gasteiger partial charge on any atom is -0.460 e. The van der Waals surface area contributed by atoms with Gasteiger partial charge in [-0.3, -0.25) is 24.0 Å². The summed E-state index contributed by atoms with van der Waals surface area (Å²) in [6.45, 7) is 19.1. The number of rotatable bonds is 16. The minimum atomic E-state index is -1.05. The van der Waals surface area contributed by atoms with Crippen molar-refractivity contribution < 1.29 is 38.2 Å². The maximum Gasteiger partial charge on any atom is 0.407 e. The number of carbonyl (C=O) groups is 6. The van der Waals surface area contributed by atoms with E-state index in [1.54, 1.807) is 20.8 Å². The van der Waals surface area contributed by atoms with Crippen LogP contribution in [0.1, 0.15) is 87.5 Å². The van der Waals surface area contributed by atoms with Crippen LogP contribution in [0.25, 0.3) is 0 Å². The van der Waals surface area contributed by atoms with E-state index in [0.29, 0.717) is 13.0 Å². The Bertz CT molecular complexity index is 1100. The Morgan fingerprint density at radius 2 is 1.70 bits per heavy atom. The maximum atomic E-state index is 14.0. The highest BCUT2D eigenvalue weighted by molar-refractivity contribution is 6.38. The molecule has 5 atom stereocenters. The van der Waals surface area contributed by atoms with Crippen molar-refractivity contribution in [1.29, 1.82) is 0 Å². The normalized spacial score (nSPS) is 21.4. The predicted octanol–water partition coefficient (Wildman–Crippen LogP) is 2.89. The molecular formula is C32H52N4O8. The Kier molecular flexibility index (Phi) is 13.0. The molecule has 44 heavy (non-hydrogen) atoms. The molecule has 0 aromatic carbocycles. The molecule has 3 N–H and O–H groups in total. The van der Waals surface area contributed by atoms with E-state index >= 15 is 0 Å². The zero-order valence-electron chi connectivity index (χ0n) is 27.6. The lowest BCUT2D eigenvalue weighted by atomic mass is 9.98. The van der Waals surface area contributed by atoms with E-state index in [1.165, 1.54) is 11.0 Å². The zero-order chi connectivity index (χ0) is 33.4. The van der Waals surface area contributed by atoms with Crippen molar-refractivity contribution in [2.45, 2.75) is 111 Å². The van der Waals surface area contributed by atoms with Crippen LogP contribution in [0.5, 0.6) is 0 Å². The Balaban J connectivity index is 2.26. The van der Waals surface area contributed by atoms with E-state index < -0.39 is 59.3 Å². The molecule has 2 aliphatic rings. The Labute approximate surface area is 261 Å². The molecule has 0 bridgehead atoms. The zero-order valence-corrected chi connectivity index (χ0v) is 27.6. The minimum absolute atomic E-state index is 0.0424. The van der Waals surface area contributed by atoms with Gasteiger partial charge in [0.25, 0.3) is 5.91 Å². The van der Waals surface area contributed by atoms with Crippen LogP contribution in [-0.2, 0) is 33.4 Å². The van der Waals surface area contributed by atoms with Gasteiger partial charge in [-0.2, -0.15) is 0 Å². The first kappa shape index (κ1) is 36.8. The average molecular weight is 621 g/mol. The van der Waals surface area contributed by atoms with Crippen molar-refractivity contribution in [3.63, 3.8) is 0 Å². The van der Waals surface area contributed by atoms with Crippen LogP contribution in [0.4, 0.5) is 4.79 Å². The Hall–Kier alpha value is -3.44. The van der Waals surface area contributed by atoms with Gasteiger partial charge in [0.05, 0.1) is 12.6 Å². The number of ether oxygens (including phenoxy) is 2. The number of Topliss-reactive ketones (excluding diaryl/α,β-unsaturated/α-hetero) is 1. The molecule has 1 aliphatic carbocycles. The van der Waals surface area contributed by atoms with Gasteiger partial charge in [0, 0.05) is 19.5 Å². The highest BCUT2D eigenvalue weighted by Gasteiger charge is 2.69. The SMILES string of the molecule is C=CCNC(=O)C(=O)C(CCC)NC(=O)C1C2C(CN1C(=O)C(CCCC(=O)OC(C)(C)C)NC(=O)OCC(C)C)C2(C)C. The van der Waals surface area contributed by atoms with E-state index in [4.69, 9.17) is 9.47 Å². The second kappa shape index (κ2) is 15.5. The number of hydrogen-bond donors (Lipinski definition) is 3. The molecule has 4 amide bonds. The van der Waals surface area contributed by atoms with E-state index in [9.17, 15) is 28.8 Å². The number of fused-ring (bicyclic) bond motifs is 1. The lowest BCUT2D eigenvalue weighted by Crippen LogP contribution is -2.58. The number of carbonyl (C=O) groups excluding carboxylic acids is 6. The molecule has 0 aromatic heterocycles. The van der Waals surface area contributed by atoms with Crippen molar-refractivity contribution in [1.82, 2.24) is 20.9 Å². The van der Waals surface area contributed by atoms with Crippen molar-refractivity contribution in [3.05, 3.63) is 12.7 Å². The third-order valence-corrected chi connectivity index (χ3v) is 8.03. The van der Waals surface area contributed by atoms with Gasteiger partial charge in [-0.05, 0) is 63.2 Å². The summed E-state index contributed by atoms with van der Waals surface area (Å²) in [5.74, 6) is -3.02. The van der Waals surface area contributed by atoms with Crippen LogP contribution in [0.3, 0.4) is 0 Å². The fourth-order valence-electron chi connectivity index (χ4n) is 5.76. The molecular weight excluding hydrogens is 568 g/mol. The average Bonchev–Trinajstić information content (AvgIpc) is 3.24. The molecule has 12 nitrogen and oxygen atoms in total. The highest BCUT2D eigenvalue weighted by Crippen LogP contribution is 2.65. The van der Waals surface area contributed by atoms with Gasteiger partial charge in [0.2, 0.25) is 17.6 Å². The summed E-state index contributed by atoms with van der Waals surface area (Å²) in [5, 5.41) is 7.84. The Morgan fingerprint density at radius 3 is 2.27 bits per heavy atom. The molecule has 2 fully saturated rings. The fraction of sp³-hybridized carbons (Fsp3) is 0.750. The van der Waals surface area contributed by atoms with Crippen LogP contribution in [0.15, 0.2) is 12.7 Å². The summed E-state index contributed by atoms with van der Waals surface area (Å²) in [6, 6.07) is -3.00. The molecule has 12 heteroatoms. The van der Waals surface area contributed by atoms with Crippen molar-refractivity contribution in [2.24, 2.45) is 23.2 Å². The Morgan fingerprint density at radius 1 is 1.05 bits per heavy atom. The predicted molar refractivity (Wildman–Crippen MR) is 164 cm³/mol. The number of amides is 4. The number of hydrogen-bond acceptors (Lipinski definition) is 8. The molecule has 1 aliphatic heterocycles. The number of likely N-dealkylation sites (tertiary alicyclic amines) is 1. The summed E-state index contributed by atoms with van der Waals surface area (Å²) >= 11 is 0. The molecule has 248 valence electrons. The van der Waals surface area contributed by atoms with Gasteiger partial charge < -0.3 is 30.3 Å². The summed E-state index contributed by atoms with van der Waals surface area (Å²) in [4.78, 5) is 79.4. The first-order chi connectivity index (χ1) is 20.4. The van der Waals surface area contributed by atoms with Crippen molar-refractivity contribution in [3.8, 4) is 0 Å². The molecule has 2 rings (SSSR count). The van der Waals surface area contributed by atoms with Gasteiger partial charge in [0.15, 0.2) is 0 Å². The first-order valence-corrected chi connectivity index (χ1v) is 15.6. The van der Waals surface area contributed by atoms with Gasteiger partial charge in [-0.15, -0.1) is 6.58 Å². The van der Waals surface area contributed by atoms with Gasteiger partial charge in [-0.1, -0.05) is 47.1 Å². The number of nitrogens with zero attached hydrogens (tertiary/aromatic N) is 1.